The van der Waals surface area contributed by atoms with Gasteiger partial charge in [0.25, 0.3) is 0 Å². The third-order valence-corrected chi connectivity index (χ3v) is 6.94. The number of hydrogen-bond donors (Lipinski definition) is 2. The number of fused-ring (bicyclic) bond motifs is 1. The molecule has 44 heavy (non-hydrogen) atoms. The molecule has 0 aromatic heterocycles. The maximum Gasteiger partial charge on any atom is 0.244 e. The van der Waals surface area contributed by atoms with Crippen LogP contribution in [0.25, 0.3) is 10.8 Å². The average molecular weight is 597 g/mol. The van der Waals surface area contributed by atoms with Gasteiger partial charge in [-0.3, -0.25) is 9.59 Å². The Hall–Kier alpha value is -4.25. The lowest BCUT2D eigenvalue weighted by molar-refractivity contribution is -0.117. The SMILES string of the molecule is CC(C)C(C)NC(=O)/C=C/C=C/Cc1ccc2ccc(F)cc2c1.CC(C)CNC(=O)C=CC=CCCCc1ccccc1. The lowest BCUT2D eigenvalue weighted by Gasteiger charge is -2.15. The van der Waals surface area contributed by atoms with Gasteiger partial charge in [-0.1, -0.05) is 119 Å². The van der Waals surface area contributed by atoms with Crippen LogP contribution in [0, 0.1) is 17.7 Å². The highest BCUT2D eigenvalue weighted by Crippen LogP contribution is 2.18. The molecule has 1 unspecified atom stereocenters. The number of unbranched alkanes of at least 4 members (excludes halogenated alkanes) is 1. The minimum Gasteiger partial charge on any atom is -0.352 e. The Balaban J connectivity index is 0.000000312. The number of hydrogen-bond acceptors (Lipinski definition) is 2. The van der Waals surface area contributed by atoms with Gasteiger partial charge in [-0.25, -0.2) is 4.39 Å². The van der Waals surface area contributed by atoms with Gasteiger partial charge in [-0.2, -0.15) is 0 Å². The molecule has 0 heterocycles. The van der Waals surface area contributed by atoms with Gasteiger partial charge in [0.15, 0.2) is 0 Å². The van der Waals surface area contributed by atoms with Crippen LogP contribution in [0.5, 0.6) is 0 Å². The smallest absolute Gasteiger partial charge is 0.244 e. The van der Waals surface area contributed by atoms with Crippen molar-refractivity contribution >= 4 is 22.6 Å². The van der Waals surface area contributed by atoms with Gasteiger partial charge in [-0.15, -0.1) is 0 Å². The van der Waals surface area contributed by atoms with Crippen molar-refractivity contribution in [1.29, 1.82) is 0 Å². The van der Waals surface area contributed by atoms with Crippen molar-refractivity contribution in [2.24, 2.45) is 11.8 Å². The summed E-state index contributed by atoms with van der Waals surface area (Å²) in [7, 11) is 0. The number of rotatable bonds is 14. The van der Waals surface area contributed by atoms with E-state index >= 15 is 0 Å². The predicted octanol–water partition coefficient (Wildman–Crippen LogP) is 8.69. The van der Waals surface area contributed by atoms with Gasteiger partial charge in [0.2, 0.25) is 11.8 Å². The highest BCUT2D eigenvalue weighted by molar-refractivity contribution is 5.88. The van der Waals surface area contributed by atoms with Crippen molar-refractivity contribution in [2.45, 2.75) is 66.3 Å². The van der Waals surface area contributed by atoms with Crippen LogP contribution in [0.15, 0.2) is 115 Å². The number of benzene rings is 3. The maximum atomic E-state index is 13.3. The van der Waals surface area contributed by atoms with E-state index in [2.05, 4.69) is 68.7 Å². The number of nitrogens with one attached hydrogen (secondary N) is 2. The minimum atomic E-state index is -0.222. The fourth-order valence-corrected chi connectivity index (χ4v) is 4.01. The molecule has 1 atom stereocenters. The molecule has 3 rings (SSSR count). The zero-order valence-corrected chi connectivity index (χ0v) is 26.9. The lowest BCUT2D eigenvalue weighted by atomic mass is 10.0. The molecule has 3 aromatic carbocycles. The topological polar surface area (TPSA) is 58.2 Å². The zero-order valence-electron chi connectivity index (χ0n) is 26.9. The number of carbonyl (C=O) groups is 2. The third kappa shape index (κ3) is 15.8. The van der Waals surface area contributed by atoms with Crippen molar-refractivity contribution in [3.8, 4) is 0 Å². The summed E-state index contributed by atoms with van der Waals surface area (Å²) in [4.78, 5) is 23.1. The van der Waals surface area contributed by atoms with Gasteiger partial charge in [0.05, 0.1) is 0 Å². The molecule has 0 aliphatic heterocycles. The molecule has 3 aromatic rings. The van der Waals surface area contributed by atoms with Crippen molar-refractivity contribution in [3.05, 3.63) is 132 Å². The Bertz CT molecular complexity index is 1400. The van der Waals surface area contributed by atoms with Gasteiger partial charge < -0.3 is 10.6 Å². The second-order valence-corrected chi connectivity index (χ2v) is 11.7. The summed E-state index contributed by atoms with van der Waals surface area (Å²) in [5.74, 6) is 0.575. The van der Waals surface area contributed by atoms with E-state index in [-0.39, 0.29) is 23.7 Å². The van der Waals surface area contributed by atoms with Gasteiger partial charge >= 0.3 is 0 Å². The number of amides is 2. The van der Waals surface area contributed by atoms with Crippen molar-refractivity contribution in [2.75, 3.05) is 6.54 Å². The molecular formula is C39H49FN2O2. The van der Waals surface area contributed by atoms with Crippen LogP contribution >= 0.6 is 0 Å². The molecule has 0 fully saturated rings. The fraction of sp³-hybridized carbons (Fsp3) is 0.333. The number of carbonyl (C=O) groups excluding carboxylic acids is 2. The number of halogens is 1. The molecular weight excluding hydrogens is 547 g/mol. The van der Waals surface area contributed by atoms with E-state index in [0.717, 1.165) is 48.6 Å². The van der Waals surface area contributed by atoms with Crippen LogP contribution in [0.4, 0.5) is 4.39 Å². The van der Waals surface area contributed by atoms with E-state index in [9.17, 15) is 14.0 Å². The molecule has 234 valence electrons. The number of allylic oxidation sites excluding steroid dienone is 6. The van der Waals surface area contributed by atoms with E-state index < -0.39 is 0 Å². The van der Waals surface area contributed by atoms with Crippen molar-refractivity contribution < 1.29 is 14.0 Å². The number of aryl methyl sites for hydroxylation is 1. The van der Waals surface area contributed by atoms with Gasteiger partial charge in [-0.05, 0) is 78.5 Å². The van der Waals surface area contributed by atoms with E-state index in [1.54, 1.807) is 30.4 Å². The Labute approximate surface area is 263 Å². The first-order chi connectivity index (χ1) is 21.1. The summed E-state index contributed by atoms with van der Waals surface area (Å²) in [6.45, 7) is 11.0. The standard InChI is InChI=1S/C21H24FNO.C18H25NO/c1-15(2)16(3)23-21(24)8-6-4-5-7-17-9-10-18-11-12-20(22)14-19(18)13-17;1-16(2)15-19-18(20)14-10-5-3-4-7-11-17-12-8-6-9-13-17/h4-6,8-16H,7H2,1-3H3,(H,23,24);3,5-6,8-10,12-14,16H,4,7,11,15H2,1-2H3,(H,19,20)/b5-4+,8-6+;. The summed E-state index contributed by atoms with van der Waals surface area (Å²) in [6.07, 6.45) is 18.6. The quantitative estimate of drug-likeness (QED) is 0.111. The summed E-state index contributed by atoms with van der Waals surface area (Å²) >= 11 is 0. The molecule has 0 saturated heterocycles. The zero-order chi connectivity index (χ0) is 32.2. The largest absolute Gasteiger partial charge is 0.352 e. The molecule has 2 amide bonds. The van der Waals surface area contributed by atoms with Crippen molar-refractivity contribution in [3.63, 3.8) is 0 Å². The molecule has 0 spiro atoms. The minimum absolute atomic E-state index is 0.0207. The van der Waals surface area contributed by atoms with Crippen LogP contribution in [-0.4, -0.2) is 24.4 Å². The average Bonchev–Trinajstić information content (AvgIpc) is 3.00. The van der Waals surface area contributed by atoms with Crippen LogP contribution < -0.4 is 10.6 Å². The van der Waals surface area contributed by atoms with E-state index in [1.807, 2.05) is 49.4 Å². The molecule has 4 nitrogen and oxygen atoms in total. The Morgan fingerprint density at radius 2 is 1.43 bits per heavy atom. The molecule has 0 aliphatic carbocycles. The van der Waals surface area contributed by atoms with E-state index in [4.69, 9.17) is 0 Å². The molecule has 0 aliphatic rings. The maximum absolute atomic E-state index is 13.3. The highest BCUT2D eigenvalue weighted by Gasteiger charge is 2.07. The Kier molecular flexibility index (Phi) is 16.8. The summed E-state index contributed by atoms with van der Waals surface area (Å²) in [6, 6.07) is 21.5. The van der Waals surface area contributed by atoms with Crippen LogP contribution in [0.1, 0.15) is 58.6 Å². The molecule has 0 bridgehead atoms. The third-order valence-electron chi connectivity index (χ3n) is 6.94. The van der Waals surface area contributed by atoms with Crippen LogP contribution in [0.3, 0.4) is 0 Å². The Morgan fingerprint density at radius 1 is 0.750 bits per heavy atom. The first kappa shape index (κ1) is 35.9. The van der Waals surface area contributed by atoms with E-state index in [1.165, 1.54) is 17.7 Å². The predicted molar refractivity (Wildman–Crippen MR) is 184 cm³/mol. The van der Waals surface area contributed by atoms with Gasteiger partial charge in [0, 0.05) is 24.7 Å². The molecule has 0 radical (unpaired) electrons. The molecule has 5 heteroatoms. The second kappa shape index (κ2) is 20.6. The fourth-order valence-electron chi connectivity index (χ4n) is 4.01. The molecule has 0 saturated carbocycles. The first-order valence-electron chi connectivity index (χ1n) is 15.6. The highest BCUT2D eigenvalue weighted by atomic mass is 19.1. The first-order valence-corrected chi connectivity index (χ1v) is 15.6. The van der Waals surface area contributed by atoms with E-state index in [0.29, 0.717) is 11.8 Å². The normalized spacial score (nSPS) is 12.5. The van der Waals surface area contributed by atoms with Crippen molar-refractivity contribution in [1.82, 2.24) is 10.6 Å². The molecule has 2 N–H and O–H groups in total. The monoisotopic (exact) mass is 596 g/mol. The van der Waals surface area contributed by atoms with Crippen LogP contribution in [-0.2, 0) is 22.4 Å². The Morgan fingerprint density at radius 3 is 2.14 bits per heavy atom. The second-order valence-electron chi connectivity index (χ2n) is 11.7. The van der Waals surface area contributed by atoms with Crippen LogP contribution in [0.2, 0.25) is 0 Å². The summed E-state index contributed by atoms with van der Waals surface area (Å²) in [5, 5.41) is 7.69. The summed E-state index contributed by atoms with van der Waals surface area (Å²) < 4.78 is 13.3. The summed E-state index contributed by atoms with van der Waals surface area (Å²) in [5.41, 5.74) is 2.49. The van der Waals surface area contributed by atoms with Gasteiger partial charge in [0.1, 0.15) is 5.82 Å². The lowest BCUT2D eigenvalue weighted by Crippen LogP contribution is -2.34.